The van der Waals surface area contributed by atoms with Crippen LogP contribution in [0.2, 0.25) is 0 Å². The van der Waals surface area contributed by atoms with Crippen LogP contribution in [0.3, 0.4) is 0 Å². The van der Waals surface area contributed by atoms with Gasteiger partial charge in [-0.05, 0) is 29.8 Å². The van der Waals surface area contributed by atoms with Gasteiger partial charge in [-0.25, -0.2) is 4.98 Å². The van der Waals surface area contributed by atoms with E-state index in [1.807, 2.05) is 12.1 Å². The topological polar surface area (TPSA) is 43.2 Å². The van der Waals surface area contributed by atoms with Crippen LogP contribution in [0, 0.1) is 11.3 Å². The van der Waals surface area contributed by atoms with Crippen LogP contribution in [0.4, 0.5) is 19.0 Å². The minimum Gasteiger partial charge on any atom is -0.354 e. The maximum Gasteiger partial charge on any atom is 0.416 e. The minimum atomic E-state index is -4.29. The van der Waals surface area contributed by atoms with E-state index in [1.165, 1.54) is 12.1 Å². The molecule has 2 heterocycles. The monoisotopic (exact) mass is 346 g/mol. The predicted molar refractivity (Wildman–Crippen MR) is 87.9 cm³/mol. The smallest absolute Gasteiger partial charge is 0.354 e. The molecule has 1 aliphatic heterocycles. The zero-order valence-corrected chi connectivity index (χ0v) is 13.5. The number of nitriles is 1. The average molecular weight is 346 g/mol. The standard InChI is InChI=1S/C18H17F3N4/c19-18(20,21)16-4-1-14(2-5-16)13-24-7-9-25(10-8-24)17-6-3-15(11-22)12-23-17/h1-6,12H,7-10,13H2. The van der Waals surface area contributed by atoms with Crippen molar-refractivity contribution in [1.29, 1.82) is 5.26 Å². The Labute approximate surface area is 144 Å². The van der Waals surface area contributed by atoms with E-state index < -0.39 is 11.7 Å². The van der Waals surface area contributed by atoms with E-state index in [0.717, 1.165) is 49.7 Å². The SMILES string of the molecule is N#Cc1ccc(N2CCN(Cc3ccc(C(F)(F)F)cc3)CC2)nc1. The van der Waals surface area contributed by atoms with Gasteiger partial charge in [-0.3, -0.25) is 4.90 Å². The van der Waals surface area contributed by atoms with Gasteiger partial charge in [0.05, 0.1) is 11.1 Å². The number of alkyl halides is 3. The summed E-state index contributed by atoms with van der Waals surface area (Å²) >= 11 is 0. The van der Waals surface area contributed by atoms with E-state index in [-0.39, 0.29) is 0 Å². The van der Waals surface area contributed by atoms with Crippen molar-refractivity contribution in [2.75, 3.05) is 31.1 Å². The molecule has 4 nitrogen and oxygen atoms in total. The molecule has 0 atom stereocenters. The van der Waals surface area contributed by atoms with Gasteiger partial charge in [-0.2, -0.15) is 18.4 Å². The number of pyridine rings is 1. The highest BCUT2D eigenvalue weighted by Gasteiger charge is 2.30. The molecule has 7 heteroatoms. The zero-order valence-electron chi connectivity index (χ0n) is 13.5. The third-order valence-electron chi connectivity index (χ3n) is 4.26. The van der Waals surface area contributed by atoms with Crippen LogP contribution in [0.5, 0.6) is 0 Å². The lowest BCUT2D eigenvalue weighted by Gasteiger charge is -2.35. The van der Waals surface area contributed by atoms with E-state index in [9.17, 15) is 13.2 Å². The molecule has 0 spiro atoms. The van der Waals surface area contributed by atoms with E-state index >= 15 is 0 Å². The lowest BCUT2D eigenvalue weighted by Crippen LogP contribution is -2.46. The number of nitrogens with zero attached hydrogens (tertiary/aromatic N) is 4. The molecule has 1 aromatic heterocycles. The summed E-state index contributed by atoms with van der Waals surface area (Å²) in [6, 6.07) is 11.0. The average Bonchev–Trinajstić information content (AvgIpc) is 2.62. The minimum absolute atomic E-state index is 0.532. The first-order chi connectivity index (χ1) is 12.0. The Morgan fingerprint density at radius 1 is 1.00 bits per heavy atom. The molecule has 1 fully saturated rings. The van der Waals surface area contributed by atoms with E-state index in [2.05, 4.69) is 14.8 Å². The second-order valence-electron chi connectivity index (χ2n) is 5.97. The fourth-order valence-electron chi connectivity index (χ4n) is 2.83. The summed E-state index contributed by atoms with van der Waals surface area (Å²) < 4.78 is 37.8. The molecule has 25 heavy (non-hydrogen) atoms. The van der Waals surface area contributed by atoms with Crippen LogP contribution in [-0.2, 0) is 12.7 Å². The maximum atomic E-state index is 12.6. The van der Waals surface area contributed by atoms with Crippen LogP contribution in [-0.4, -0.2) is 36.1 Å². The van der Waals surface area contributed by atoms with Crippen molar-refractivity contribution in [2.24, 2.45) is 0 Å². The summed E-state index contributed by atoms with van der Waals surface area (Å²) in [5.74, 6) is 0.841. The molecule has 1 aromatic carbocycles. The predicted octanol–water partition coefficient (Wildman–Crippen LogP) is 3.29. The van der Waals surface area contributed by atoms with Crippen molar-refractivity contribution in [3.05, 3.63) is 59.3 Å². The van der Waals surface area contributed by atoms with Gasteiger partial charge in [-0.15, -0.1) is 0 Å². The molecule has 0 unspecified atom stereocenters. The second-order valence-corrected chi connectivity index (χ2v) is 5.97. The van der Waals surface area contributed by atoms with Crippen molar-refractivity contribution >= 4 is 5.82 Å². The molecule has 2 aromatic rings. The maximum absolute atomic E-state index is 12.6. The van der Waals surface area contributed by atoms with Gasteiger partial charge in [0.2, 0.25) is 0 Å². The molecule has 0 radical (unpaired) electrons. The summed E-state index contributed by atoms with van der Waals surface area (Å²) in [6.07, 6.45) is -2.73. The highest BCUT2D eigenvalue weighted by Crippen LogP contribution is 2.29. The van der Waals surface area contributed by atoms with Gasteiger partial charge in [0.25, 0.3) is 0 Å². The van der Waals surface area contributed by atoms with Crippen LogP contribution in [0.1, 0.15) is 16.7 Å². The third-order valence-corrected chi connectivity index (χ3v) is 4.26. The van der Waals surface area contributed by atoms with Gasteiger partial charge in [0.15, 0.2) is 0 Å². The fourth-order valence-corrected chi connectivity index (χ4v) is 2.83. The number of benzene rings is 1. The van der Waals surface area contributed by atoms with Crippen molar-refractivity contribution in [3.8, 4) is 6.07 Å². The Kier molecular flexibility index (Phi) is 4.91. The summed E-state index contributed by atoms with van der Waals surface area (Å²) in [5, 5.41) is 8.80. The quantitative estimate of drug-likeness (QED) is 0.855. The van der Waals surface area contributed by atoms with Crippen molar-refractivity contribution in [2.45, 2.75) is 12.7 Å². The number of piperazine rings is 1. The Morgan fingerprint density at radius 2 is 1.68 bits per heavy atom. The molecular weight excluding hydrogens is 329 g/mol. The normalized spacial score (nSPS) is 15.8. The van der Waals surface area contributed by atoms with Crippen LogP contribution in [0.15, 0.2) is 42.6 Å². The lowest BCUT2D eigenvalue weighted by molar-refractivity contribution is -0.137. The molecule has 130 valence electrons. The van der Waals surface area contributed by atoms with Gasteiger partial charge in [0, 0.05) is 38.9 Å². The zero-order chi connectivity index (χ0) is 17.9. The van der Waals surface area contributed by atoms with Crippen LogP contribution in [0.25, 0.3) is 0 Å². The molecule has 3 rings (SSSR count). The number of halogens is 3. The van der Waals surface area contributed by atoms with Crippen molar-refractivity contribution in [1.82, 2.24) is 9.88 Å². The Balaban J connectivity index is 1.54. The Bertz CT molecular complexity index is 740. The first kappa shape index (κ1) is 17.2. The Morgan fingerprint density at radius 3 is 2.20 bits per heavy atom. The van der Waals surface area contributed by atoms with Crippen LogP contribution < -0.4 is 4.90 Å². The lowest BCUT2D eigenvalue weighted by atomic mass is 10.1. The number of rotatable bonds is 3. The number of hydrogen-bond donors (Lipinski definition) is 0. The molecular formula is C18H17F3N4. The molecule has 1 saturated heterocycles. The summed E-state index contributed by atoms with van der Waals surface area (Å²) in [6.45, 7) is 3.83. The largest absolute Gasteiger partial charge is 0.416 e. The highest BCUT2D eigenvalue weighted by molar-refractivity contribution is 5.42. The molecule has 0 saturated carbocycles. The third kappa shape index (κ3) is 4.28. The first-order valence-electron chi connectivity index (χ1n) is 7.95. The molecule has 0 N–H and O–H groups in total. The summed E-state index contributed by atoms with van der Waals surface area (Å²) in [7, 11) is 0. The second kappa shape index (κ2) is 7.11. The van der Waals surface area contributed by atoms with Gasteiger partial charge in [-0.1, -0.05) is 12.1 Å². The van der Waals surface area contributed by atoms with Crippen molar-refractivity contribution < 1.29 is 13.2 Å². The first-order valence-corrected chi connectivity index (χ1v) is 7.95. The van der Waals surface area contributed by atoms with Gasteiger partial charge in [0.1, 0.15) is 11.9 Å². The summed E-state index contributed by atoms with van der Waals surface area (Å²) in [4.78, 5) is 8.65. The molecule has 0 amide bonds. The van der Waals surface area contributed by atoms with Gasteiger partial charge < -0.3 is 4.90 Å². The van der Waals surface area contributed by atoms with E-state index in [4.69, 9.17) is 5.26 Å². The van der Waals surface area contributed by atoms with E-state index in [1.54, 1.807) is 12.3 Å². The molecule has 0 aliphatic carbocycles. The van der Waals surface area contributed by atoms with Gasteiger partial charge >= 0.3 is 6.18 Å². The number of aromatic nitrogens is 1. The van der Waals surface area contributed by atoms with Crippen molar-refractivity contribution in [3.63, 3.8) is 0 Å². The Hall–Kier alpha value is -2.59. The summed E-state index contributed by atoms with van der Waals surface area (Å²) in [5.41, 5.74) is 0.788. The highest BCUT2D eigenvalue weighted by atomic mass is 19.4. The fraction of sp³-hybridized carbons (Fsp3) is 0.333. The molecule has 1 aliphatic rings. The van der Waals surface area contributed by atoms with Crippen LogP contribution >= 0.6 is 0 Å². The number of anilines is 1. The number of hydrogen-bond acceptors (Lipinski definition) is 4. The molecule has 0 bridgehead atoms. The van der Waals surface area contributed by atoms with E-state index in [0.29, 0.717) is 12.1 Å².